The van der Waals surface area contributed by atoms with E-state index in [1.807, 2.05) is 30.0 Å². The van der Waals surface area contributed by atoms with Gasteiger partial charge in [0, 0.05) is 18.8 Å². The molecule has 2 heterocycles. The highest BCUT2D eigenvalue weighted by atomic mass is 32.2. The van der Waals surface area contributed by atoms with Gasteiger partial charge in [0.15, 0.2) is 0 Å². The van der Waals surface area contributed by atoms with Gasteiger partial charge in [-0.2, -0.15) is 0 Å². The van der Waals surface area contributed by atoms with Gasteiger partial charge in [0.1, 0.15) is 0 Å². The number of aromatic nitrogens is 4. The second kappa shape index (κ2) is 5.48. The first-order valence-electron chi connectivity index (χ1n) is 6.88. The standard InChI is InChI=1S/C14H17N5OS/c1-9-8-11-6-4-5-7-12(11)19(9)13(20)10(2)21-14-15-16-17-18(14)3/h4-7,9-10H,8H2,1-3H3. The van der Waals surface area contributed by atoms with Crippen molar-refractivity contribution >= 4 is 23.4 Å². The summed E-state index contributed by atoms with van der Waals surface area (Å²) in [6, 6.07) is 8.28. The molecule has 1 aliphatic rings. The fraction of sp³-hybridized carbons (Fsp3) is 0.429. The predicted molar refractivity (Wildman–Crippen MR) is 81.2 cm³/mol. The quantitative estimate of drug-likeness (QED) is 0.807. The van der Waals surface area contributed by atoms with Crippen molar-refractivity contribution in [3.63, 3.8) is 0 Å². The molecule has 1 aromatic heterocycles. The summed E-state index contributed by atoms with van der Waals surface area (Å²) in [4.78, 5) is 14.7. The van der Waals surface area contributed by atoms with Crippen LogP contribution in [0.2, 0.25) is 0 Å². The highest BCUT2D eigenvalue weighted by molar-refractivity contribution is 8.00. The maximum absolute atomic E-state index is 12.8. The summed E-state index contributed by atoms with van der Waals surface area (Å²) < 4.78 is 1.58. The number of nitrogens with zero attached hydrogens (tertiary/aromatic N) is 5. The Hall–Kier alpha value is -1.89. The highest BCUT2D eigenvalue weighted by Gasteiger charge is 2.33. The summed E-state index contributed by atoms with van der Waals surface area (Å²) >= 11 is 1.38. The number of hydrogen-bond donors (Lipinski definition) is 0. The summed E-state index contributed by atoms with van der Waals surface area (Å²) in [5.74, 6) is 0.0976. The molecule has 7 heteroatoms. The number of fused-ring (bicyclic) bond motifs is 1. The van der Waals surface area contributed by atoms with Gasteiger partial charge in [0.25, 0.3) is 0 Å². The maximum Gasteiger partial charge on any atom is 0.240 e. The second-order valence-electron chi connectivity index (χ2n) is 5.24. The lowest BCUT2D eigenvalue weighted by atomic mass is 10.1. The van der Waals surface area contributed by atoms with Crippen LogP contribution in [0.5, 0.6) is 0 Å². The smallest absolute Gasteiger partial charge is 0.240 e. The fourth-order valence-corrected chi connectivity index (χ4v) is 3.43. The van der Waals surface area contributed by atoms with Gasteiger partial charge in [0.05, 0.1) is 5.25 Å². The number of thioether (sulfide) groups is 1. The Balaban J connectivity index is 1.80. The Morgan fingerprint density at radius 1 is 1.43 bits per heavy atom. The zero-order chi connectivity index (χ0) is 15.0. The number of carbonyl (C=O) groups is 1. The van der Waals surface area contributed by atoms with Crippen molar-refractivity contribution in [3.8, 4) is 0 Å². The first-order valence-corrected chi connectivity index (χ1v) is 7.76. The Labute approximate surface area is 127 Å². The van der Waals surface area contributed by atoms with Crippen LogP contribution in [0.25, 0.3) is 0 Å². The number of aryl methyl sites for hydroxylation is 1. The highest BCUT2D eigenvalue weighted by Crippen LogP contribution is 2.34. The normalized spacial score (nSPS) is 18.6. The van der Waals surface area contributed by atoms with Crippen molar-refractivity contribution in [2.45, 2.75) is 36.7 Å². The molecular formula is C14H17N5OS. The number of amides is 1. The van der Waals surface area contributed by atoms with E-state index in [4.69, 9.17) is 0 Å². The molecule has 21 heavy (non-hydrogen) atoms. The molecule has 110 valence electrons. The molecule has 2 unspecified atom stereocenters. The topological polar surface area (TPSA) is 63.9 Å². The second-order valence-corrected chi connectivity index (χ2v) is 6.54. The fourth-order valence-electron chi connectivity index (χ4n) is 2.63. The minimum absolute atomic E-state index is 0.0976. The number of hydrogen-bond acceptors (Lipinski definition) is 5. The van der Waals surface area contributed by atoms with Crippen molar-refractivity contribution in [1.29, 1.82) is 0 Å². The lowest BCUT2D eigenvalue weighted by molar-refractivity contribution is -0.118. The summed E-state index contributed by atoms with van der Waals surface area (Å²) in [5, 5.41) is 11.7. The van der Waals surface area contributed by atoms with Crippen molar-refractivity contribution < 1.29 is 4.79 Å². The van der Waals surface area contributed by atoms with E-state index in [9.17, 15) is 4.79 Å². The molecule has 0 bridgehead atoms. The van der Waals surface area contributed by atoms with Gasteiger partial charge >= 0.3 is 0 Å². The minimum Gasteiger partial charge on any atom is -0.308 e. The SMILES string of the molecule is CC(Sc1nnnn1C)C(=O)N1c2ccccc2CC1C. The third-order valence-corrected chi connectivity index (χ3v) is 4.77. The minimum atomic E-state index is -0.233. The van der Waals surface area contributed by atoms with Crippen LogP contribution < -0.4 is 4.90 Å². The van der Waals surface area contributed by atoms with E-state index in [-0.39, 0.29) is 17.2 Å². The van der Waals surface area contributed by atoms with Crippen LogP contribution in [0.15, 0.2) is 29.4 Å². The van der Waals surface area contributed by atoms with E-state index < -0.39 is 0 Å². The van der Waals surface area contributed by atoms with E-state index in [1.165, 1.54) is 17.3 Å². The first-order chi connectivity index (χ1) is 10.1. The third-order valence-electron chi connectivity index (χ3n) is 3.66. The zero-order valence-electron chi connectivity index (χ0n) is 12.2. The van der Waals surface area contributed by atoms with Crippen LogP contribution >= 0.6 is 11.8 Å². The molecule has 1 aromatic carbocycles. The largest absolute Gasteiger partial charge is 0.308 e. The number of rotatable bonds is 3. The third kappa shape index (κ3) is 2.53. The monoisotopic (exact) mass is 303 g/mol. The number of anilines is 1. The molecule has 0 saturated carbocycles. The van der Waals surface area contributed by atoms with Crippen LogP contribution in [0.4, 0.5) is 5.69 Å². The molecule has 0 aliphatic carbocycles. The van der Waals surface area contributed by atoms with Gasteiger partial charge < -0.3 is 4.90 Å². The van der Waals surface area contributed by atoms with Crippen molar-refractivity contribution in [1.82, 2.24) is 20.2 Å². The lowest BCUT2D eigenvalue weighted by Crippen LogP contribution is -2.40. The molecule has 0 N–H and O–H groups in total. The number of benzene rings is 1. The van der Waals surface area contributed by atoms with Crippen molar-refractivity contribution in [2.75, 3.05) is 4.90 Å². The van der Waals surface area contributed by atoms with E-state index in [0.717, 1.165) is 12.1 Å². The van der Waals surface area contributed by atoms with Gasteiger partial charge in [-0.15, -0.1) is 5.10 Å². The Morgan fingerprint density at radius 2 is 2.19 bits per heavy atom. The molecule has 0 fully saturated rings. The summed E-state index contributed by atoms with van der Waals surface area (Å²) in [6.45, 7) is 3.98. The Kier molecular flexibility index (Phi) is 3.67. The molecule has 1 amide bonds. The van der Waals surface area contributed by atoms with Crippen LogP contribution in [-0.4, -0.2) is 37.4 Å². The van der Waals surface area contributed by atoms with E-state index in [2.05, 4.69) is 28.5 Å². The van der Waals surface area contributed by atoms with Crippen LogP contribution in [0, 0.1) is 0 Å². The Bertz CT molecular complexity index is 671. The van der Waals surface area contributed by atoms with Crippen LogP contribution in [-0.2, 0) is 18.3 Å². The van der Waals surface area contributed by atoms with Gasteiger partial charge in [0.2, 0.25) is 11.1 Å². The molecule has 0 radical (unpaired) electrons. The molecule has 1 aliphatic heterocycles. The first kappa shape index (κ1) is 14.1. The molecule has 2 aromatic rings. The van der Waals surface area contributed by atoms with E-state index in [0.29, 0.717) is 5.16 Å². The molecular weight excluding hydrogens is 286 g/mol. The number of tetrazole rings is 1. The molecule has 6 nitrogen and oxygen atoms in total. The number of carbonyl (C=O) groups excluding carboxylic acids is 1. The number of para-hydroxylation sites is 1. The molecule has 2 atom stereocenters. The summed E-state index contributed by atoms with van der Waals surface area (Å²) in [7, 11) is 1.77. The summed E-state index contributed by atoms with van der Waals surface area (Å²) in [6.07, 6.45) is 0.908. The van der Waals surface area contributed by atoms with Gasteiger partial charge in [-0.3, -0.25) is 4.79 Å². The lowest BCUT2D eigenvalue weighted by Gasteiger charge is -2.25. The maximum atomic E-state index is 12.8. The zero-order valence-corrected chi connectivity index (χ0v) is 13.0. The molecule has 0 saturated heterocycles. The average molecular weight is 303 g/mol. The van der Waals surface area contributed by atoms with E-state index >= 15 is 0 Å². The molecule has 3 rings (SSSR count). The molecule has 0 spiro atoms. The van der Waals surface area contributed by atoms with Gasteiger partial charge in [-0.1, -0.05) is 30.0 Å². The van der Waals surface area contributed by atoms with Crippen LogP contribution in [0.1, 0.15) is 19.4 Å². The predicted octanol–water partition coefficient (Wildman–Crippen LogP) is 1.67. The van der Waals surface area contributed by atoms with Gasteiger partial charge in [-0.05, 0) is 42.3 Å². The average Bonchev–Trinajstić information content (AvgIpc) is 3.01. The van der Waals surface area contributed by atoms with E-state index in [1.54, 1.807) is 11.7 Å². The van der Waals surface area contributed by atoms with Crippen molar-refractivity contribution in [3.05, 3.63) is 29.8 Å². The van der Waals surface area contributed by atoms with Gasteiger partial charge in [-0.25, -0.2) is 4.68 Å². The van der Waals surface area contributed by atoms with Crippen LogP contribution in [0.3, 0.4) is 0 Å². The van der Waals surface area contributed by atoms with Crippen molar-refractivity contribution in [2.24, 2.45) is 7.05 Å². The Morgan fingerprint density at radius 3 is 2.90 bits per heavy atom. The summed E-state index contributed by atoms with van der Waals surface area (Å²) in [5.41, 5.74) is 2.26.